The molecule has 0 amide bonds. The molecule has 1 atom stereocenters. The number of sulfone groups is 1. The fraction of sp³-hybridized carbons (Fsp3) is 0.444. The standard InChI is InChI=1S/C18H22Cl2N2O7S3/c1-13-12-30-18(22(23)24)16(13)11-17(31(2,25)26)32(27,28)29-15-5-3-14(4-6-15)21(9-7-19)10-8-20/h3-6,12,17H,7-11H2,1-2H3. The van der Waals surface area contributed by atoms with E-state index in [4.69, 9.17) is 27.4 Å². The van der Waals surface area contributed by atoms with Crippen LogP contribution in [0.25, 0.3) is 0 Å². The van der Waals surface area contributed by atoms with Crippen molar-refractivity contribution in [1.29, 1.82) is 0 Å². The van der Waals surface area contributed by atoms with Crippen molar-refractivity contribution in [3.63, 3.8) is 0 Å². The number of halogens is 2. The Balaban J connectivity index is 2.33. The quantitative estimate of drug-likeness (QED) is 0.172. The van der Waals surface area contributed by atoms with E-state index < -0.39 is 35.9 Å². The zero-order valence-corrected chi connectivity index (χ0v) is 21.2. The van der Waals surface area contributed by atoms with Crippen molar-refractivity contribution in [1.82, 2.24) is 0 Å². The molecule has 1 unspecified atom stereocenters. The topological polar surface area (TPSA) is 124 Å². The Morgan fingerprint density at radius 1 is 1.12 bits per heavy atom. The number of anilines is 1. The largest absolute Gasteiger partial charge is 0.381 e. The normalized spacial score (nSPS) is 13.0. The van der Waals surface area contributed by atoms with Crippen LogP contribution in [0, 0.1) is 17.0 Å². The van der Waals surface area contributed by atoms with Gasteiger partial charge in [-0.05, 0) is 36.8 Å². The van der Waals surface area contributed by atoms with Gasteiger partial charge < -0.3 is 9.08 Å². The minimum Gasteiger partial charge on any atom is -0.381 e. The molecule has 0 aliphatic carbocycles. The van der Waals surface area contributed by atoms with Crippen molar-refractivity contribution in [3.05, 3.63) is 50.9 Å². The molecule has 1 aromatic carbocycles. The Labute approximate surface area is 201 Å². The van der Waals surface area contributed by atoms with Crippen LogP contribution in [0.1, 0.15) is 11.1 Å². The molecule has 178 valence electrons. The van der Waals surface area contributed by atoms with Gasteiger partial charge in [-0.2, -0.15) is 8.42 Å². The zero-order valence-electron chi connectivity index (χ0n) is 17.2. The van der Waals surface area contributed by atoms with Gasteiger partial charge in [-0.1, -0.05) is 11.3 Å². The number of nitro groups is 1. The third kappa shape index (κ3) is 6.70. The first-order valence-electron chi connectivity index (χ1n) is 9.21. The summed E-state index contributed by atoms with van der Waals surface area (Å²) in [6.07, 6.45) is 0.162. The molecule has 32 heavy (non-hydrogen) atoms. The highest BCUT2D eigenvalue weighted by molar-refractivity contribution is 8.06. The van der Waals surface area contributed by atoms with E-state index in [0.29, 0.717) is 30.4 Å². The molecule has 0 spiro atoms. The molecular formula is C18H22Cl2N2O7S3. The molecular weight excluding hydrogens is 523 g/mol. The van der Waals surface area contributed by atoms with Crippen molar-refractivity contribution in [3.8, 4) is 5.75 Å². The smallest absolute Gasteiger partial charge is 0.327 e. The monoisotopic (exact) mass is 544 g/mol. The molecule has 0 fully saturated rings. The van der Waals surface area contributed by atoms with Crippen molar-refractivity contribution in [2.75, 3.05) is 36.0 Å². The van der Waals surface area contributed by atoms with Gasteiger partial charge in [0.05, 0.1) is 4.92 Å². The van der Waals surface area contributed by atoms with Crippen LogP contribution in [0.5, 0.6) is 5.75 Å². The van der Waals surface area contributed by atoms with Crippen LogP contribution in [0.15, 0.2) is 29.6 Å². The SMILES string of the molecule is Cc1csc([N+](=O)[O-])c1CC(S(C)(=O)=O)S(=O)(=O)Oc1ccc(N(CCCl)CCCl)cc1. The molecule has 2 aromatic rings. The molecule has 0 bridgehead atoms. The third-order valence-corrected chi connectivity index (χ3v) is 10.1. The van der Waals surface area contributed by atoms with Gasteiger partial charge in [0.25, 0.3) is 0 Å². The van der Waals surface area contributed by atoms with Crippen LogP contribution in [-0.2, 0) is 26.4 Å². The van der Waals surface area contributed by atoms with Crippen LogP contribution < -0.4 is 9.08 Å². The maximum Gasteiger partial charge on any atom is 0.327 e. The number of hydrogen-bond donors (Lipinski definition) is 0. The minimum atomic E-state index is -4.68. The van der Waals surface area contributed by atoms with Gasteiger partial charge in [0, 0.05) is 54.2 Å². The van der Waals surface area contributed by atoms with E-state index in [9.17, 15) is 26.9 Å². The number of benzene rings is 1. The molecule has 14 heteroatoms. The summed E-state index contributed by atoms with van der Waals surface area (Å²) < 4.78 is 53.5. The molecule has 0 aliphatic heterocycles. The summed E-state index contributed by atoms with van der Waals surface area (Å²) in [5.41, 5.74) is 1.23. The fourth-order valence-corrected chi connectivity index (χ4v) is 7.43. The van der Waals surface area contributed by atoms with E-state index in [0.717, 1.165) is 23.3 Å². The first-order chi connectivity index (χ1) is 14.9. The number of nitrogens with zero attached hydrogens (tertiary/aromatic N) is 2. The van der Waals surface area contributed by atoms with Crippen LogP contribution >= 0.6 is 34.5 Å². The second-order valence-corrected chi connectivity index (χ2v) is 12.7. The van der Waals surface area contributed by atoms with E-state index in [-0.39, 0.29) is 16.3 Å². The lowest BCUT2D eigenvalue weighted by Gasteiger charge is -2.23. The van der Waals surface area contributed by atoms with E-state index in [1.54, 1.807) is 19.1 Å². The maximum absolute atomic E-state index is 12.9. The highest BCUT2D eigenvalue weighted by Crippen LogP contribution is 2.33. The molecule has 0 saturated heterocycles. The Morgan fingerprint density at radius 2 is 1.69 bits per heavy atom. The summed E-state index contributed by atoms with van der Waals surface area (Å²) in [5, 5.41) is 12.4. The second-order valence-electron chi connectivity index (χ2n) is 6.86. The number of hydrogen-bond acceptors (Lipinski definition) is 9. The molecule has 0 radical (unpaired) electrons. The molecule has 9 nitrogen and oxygen atoms in total. The first-order valence-corrected chi connectivity index (χ1v) is 14.6. The van der Waals surface area contributed by atoms with Crippen molar-refractivity contribution in [2.45, 2.75) is 17.9 Å². The molecule has 0 saturated carbocycles. The summed E-state index contributed by atoms with van der Waals surface area (Å²) in [4.78, 5) is 12.5. The van der Waals surface area contributed by atoms with Crippen molar-refractivity contribution >= 4 is 65.2 Å². The van der Waals surface area contributed by atoms with Gasteiger partial charge in [0.15, 0.2) is 9.84 Å². The second kappa shape index (κ2) is 11.0. The minimum absolute atomic E-state index is 0.0516. The van der Waals surface area contributed by atoms with E-state index in [1.165, 1.54) is 17.5 Å². The summed E-state index contributed by atoms with van der Waals surface area (Å²) in [6.45, 7) is 2.61. The summed E-state index contributed by atoms with van der Waals surface area (Å²) in [5.74, 6) is 0.650. The average Bonchev–Trinajstić information content (AvgIpc) is 3.06. The predicted molar refractivity (Wildman–Crippen MR) is 128 cm³/mol. The fourth-order valence-electron chi connectivity index (χ4n) is 2.97. The molecule has 2 rings (SSSR count). The summed E-state index contributed by atoms with van der Waals surface area (Å²) in [6, 6.07) is 5.99. The van der Waals surface area contributed by atoms with Crippen LogP contribution in [0.3, 0.4) is 0 Å². The van der Waals surface area contributed by atoms with Crippen LogP contribution in [-0.4, -0.2) is 57.4 Å². The zero-order chi connectivity index (χ0) is 24.1. The number of rotatable bonds is 12. The lowest BCUT2D eigenvalue weighted by atomic mass is 10.1. The lowest BCUT2D eigenvalue weighted by molar-refractivity contribution is -0.380. The Morgan fingerprint density at radius 3 is 2.16 bits per heavy atom. The molecule has 0 aliphatic rings. The van der Waals surface area contributed by atoms with Gasteiger partial charge >= 0.3 is 15.1 Å². The Kier molecular flexibility index (Phi) is 9.17. The van der Waals surface area contributed by atoms with E-state index in [1.807, 2.05) is 4.90 Å². The Bertz CT molecular complexity index is 1140. The van der Waals surface area contributed by atoms with Crippen LogP contribution in [0.4, 0.5) is 10.7 Å². The number of aryl methyl sites for hydroxylation is 1. The lowest BCUT2D eigenvalue weighted by Crippen LogP contribution is -2.35. The number of alkyl halides is 2. The van der Waals surface area contributed by atoms with Crippen LogP contribution in [0.2, 0.25) is 0 Å². The van der Waals surface area contributed by atoms with Crippen molar-refractivity contribution in [2.24, 2.45) is 0 Å². The third-order valence-electron chi connectivity index (χ3n) is 4.54. The average molecular weight is 545 g/mol. The summed E-state index contributed by atoms with van der Waals surface area (Å²) in [7, 11) is -8.87. The Hall–Kier alpha value is -1.60. The van der Waals surface area contributed by atoms with E-state index >= 15 is 0 Å². The first kappa shape index (κ1) is 26.7. The van der Waals surface area contributed by atoms with Gasteiger partial charge in [0.2, 0.25) is 4.58 Å². The molecule has 1 heterocycles. The highest BCUT2D eigenvalue weighted by Gasteiger charge is 2.39. The van der Waals surface area contributed by atoms with Crippen molar-refractivity contribution < 1.29 is 25.9 Å². The molecule has 1 aromatic heterocycles. The van der Waals surface area contributed by atoms with Gasteiger partial charge in [0.1, 0.15) is 5.75 Å². The number of thiophene rings is 1. The molecule has 0 N–H and O–H groups in total. The maximum atomic E-state index is 12.9. The van der Waals surface area contributed by atoms with Gasteiger partial charge in [-0.15, -0.1) is 23.2 Å². The predicted octanol–water partition coefficient (Wildman–Crippen LogP) is 3.57. The van der Waals surface area contributed by atoms with Gasteiger partial charge in [-0.25, -0.2) is 8.42 Å². The highest BCUT2D eigenvalue weighted by atomic mass is 35.5. The summed E-state index contributed by atoms with van der Waals surface area (Å²) >= 11 is 12.4. The van der Waals surface area contributed by atoms with E-state index in [2.05, 4.69) is 0 Å². The van der Waals surface area contributed by atoms with Gasteiger partial charge in [-0.3, -0.25) is 10.1 Å².